The number of phenolic OH excluding ortho intramolecular Hbond substituents is 1. The number of benzene rings is 2. The summed E-state index contributed by atoms with van der Waals surface area (Å²) in [6.07, 6.45) is 0. The summed E-state index contributed by atoms with van der Waals surface area (Å²) in [6.45, 7) is 4.08. The molecule has 21 heavy (non-hydrogen) atoms. The summed E-state index contributed by atoms with van der Waals surface area (Å²) in [4.78, 5) is 0. The van der Waals surface area contributed by atoms with Gasteiger partial charge in [0, 0.05) is 0 Å². The van der Waals surface area contributed by atoms with Crippen LogP contribution in [0.3, 0.4) is 0 Å². The van der Waals surface area contributed by atoms with Crippen molar-refractivity contribution in [3.8, 4) is 22.8 Å². The fourth-order valence-electron chi connectivity index (χ4n) is 2.42. The summed E-state index contributed by atoms with van der Waals surface area (Å²) < 4.78 is 2.35. The maximum atomic E-state index is 10.1. The van der Waals surface area contributed by atoms with Gasteiger partial charge in [0.2, 0.25) is 0 Å². The third kappa shape index (κ3) is 2.36. The number of phenols is 1. The Balaban J connectivity index is 2.28. The van der Waals surface area contributed by atoms with E-state index in [-0.39, 0.29) is 5.75 Å². The Kier molecular flexibility index (Phi) is 3.35. The molecular weight excluding hydrogens is 282 g/mol. The van der Waals surface area contributed by atoms with E-state index >= 15 is 0 Å². The van der Waals surface area contributed by atoms with Gasteiger partial charge in [0.1, 0.15) is 5.75 Å². The van der Waals surface area contributed by atoms with Gasteiger partial charge in [-0.1, -0.05) is 29.8 Å². The van der Waals surface area contributed by atoms with E-state index < -0.39 is 0 Å². The van der Waals surface area contributed by atoms with Gasteiger partial charge >= 0.3 is 0 Å². The van der Waals surface area contributed by atoms with Crippen LogP contribution in [0.5, 0.6) is 5.75 Å². The van der Waals surface area contributed by atoms with Gasteiger partial charge in [0.25, 0.3) is 0 Å². The van der Waals surface area contributed by atoms with E-state index in [4.69, 9.17) is 12.2 Å². The molecule has 0 saturated carbocycles. The highest BCUT2D eigenvalue weighted by molar-refractivity contribution is 7.71. The highest BCUT2D eigenvalue weighted by Gasteiger charge is 2.15. The van der Waals surface area contributed by atoms with Crippen LogP contribution in [0.1, 0.15) is 11.1 Å². The SMILES string of the molecule is Cc1ccc(-n2c(-c3ccccc3O)n[nH]c2=S)c(C)c1. The van der Waals surface area contributed by atoms with E-state index in [0.717, 1.165) is 11.3 Å². The number of H-pyrrole nitrogens is 1. The topological polar surface area (TPSA) is 53.8 Å². The number of para-hydroxylation sites is 1. The van der Waals surface area contributed by atoms with Gasteiger partial charge in [-0.15, -0.1) is 0 Å². The molecule has 0 aliphatic carbocycles. The number of aromatic hydroxyl groups is 1. The number of rotatable bonds is 2. The predicted octanol–water partition coefficient (Wildman–Crippen LogP) is 3.92. The fourth-order valence-corrected chi connectivity index (χ4v) is 2.65. The van der Waals surface area contributed by atoms with Crippen LogP contribution in [0.4, 0.5) is 0 Å². The van der Waals surface area contributed by atoms with Gasteiger partial charge in [0.05, 0.1) is 11.3 Å². The number of hydrogen-bond acceptors (Lipinski definition) is 3. The molecule has 0 aliphatic rings. The lowest BCUT2D eigenvalue weighted by Gasteiger charge is -2.11. The highest BCUT2D eigenvalue weighted by atomic mass is 32.1. The summed E-state index contributed by atoms with van der Waals surface area (Å²) in [5, 5.41) is 17.1. The molecule has 2 aromatic carbocycles. The molecule has 5 heteroatoms. The zero-order valence-electron chi connectivity index (χ0n) is 11.8. The summed E-state index contributed by atoms with van der Waals surface area (Å²) in [7, 11) is 0. The molecule has 1 heterocycles. The maximum absolute atomic E-state index is 10.1. The largest absolute Gasteiger partial charge is 0.507 e. The lowest BCUT2D eigenvalue weighted by molar-refractivity contribution is 0.476. The Hall–Kier alpha value is -2.40. The van der Waals surface area contributed by atoms with Crippen LogP contribution in [0.2, 0.25) is 0 Å². The van der Waals surface area contributed by atoms with Crippen LogP contribution in [-0.4, -0.2) is 19.9 Å². The minimum absolute atomic E-state index is 0.178. The highest BCUT2D eigenvalue weighted by Crippen LogP contribution is 2.30. The average Bonchev–Trinajstić information content (AvgIpc) is 2.81. The van der Waals surface area contributed by atoms with Crippen LogP contribution >= 0.6 is 12.2 Å². The Morgan fingerprint density at radius 3 is 2.62 bits per heavy atom. The third-order valence-electron chi connectivity index (χ3n) is 3.41. The number of aryl methyl sites for hydroxylation is 2. The van der Waals surface area contributed by atoms with Crippen LogP contribution in [-0.2, 0) is 0 Å². The summed E-state index contributed by atoms with van der Waals surface area (Å²) in [6, 6.07) is 13.2. The predicted molar refractivity (Wildman–Crippen MR) is 85.3 cm³/mol. The molecule has 4 nitrogen and oxygen atoms in total. The van der Waals surface area contributed by atoms with Gasteiger partial charge < -0.3 is 5.11 Å². The zero-order valence-corrected chi connectivity index (χ0v) is 12.6. The Morgan fingerprint density at radius 1 is 1.14 bits per heavy atom. The van der Waals surface area contributed by atoms with Gasteiger partial charge in [-0.25, -0.2) is 0 Å². The molecular formula is C16H15N3OS. The molecule has 106 valence electrons. The first-order chi connectivity index (χ1) is 10.1. The molecule has 0 spiro atoms. The van der Waals surface area contributed by atoms with Gasteiger partial charge in [-0.3, -0.25) is 9.67 Å². The molecule has 3 aromatic rings. The van der Waals surface area contributed by atoms with E-state index in [9.17, 15) is 5.11 Å². The van der Waals surface area contributed by atoms with Crippen LogP contribution in [0, 0.1) is 18.6 Å². The molecule has 3 rings (SSSR count). The van der Waals surface area contributed by atoms with Gasteiger partial charge in [-0.2, -0.15) is 5.10 Å². The van der Waals surface area contributed by atoms with Crippen molar-refractivity contribution in [2.24, 2.45) is 0 Å². The molecule has 0 aliphatic heterocycles. The summed E-state index contributed by atoms with van der Waals surface area (Å²) >= 11 is 5.35. The smallest absolute Gasteiger partial charge is 0.200 e. The third-order valence-corrected chi connectivity index (χ3v) is 3.68. The van der Waals surface area contributed by atoms with Crippen molar-refractivity contribution < 1.29 is 5.11 Å². The number of nitrogens with one attached hydrogen (secondary N) is 1. The van der Waals surface area contributed by atoms with Crippen molar-refractivity contribution in [1.29, 1.82) is 0 Å². The molecule has 0 atom stereocenters. The van der Waals surface area contributed by atoms with Crippen molar-refractivity contribution in [1.82, 2.24) is 14.8 Å². The molecule has 1 aromatic heterocycles. The summed E-state index contributed by atoms with van der Waals surface area (Å²) in [5.74, 6) is 0.780. The number of aromatic nitrogens is 3. The molecule has 0 unspecified atom stereocenters. The van der Waals surface area contributed by atoms with E-state index in [0.29, 0.717) is 16.2 Å². The zero-order chi connectivity index (χ0) is 15.0. The average molecular weight is 297 g/mol. The van der Waals surface area contributed by atoms with E-state index in [2.05, 4.69) is 23.2 Å². The van der Waals surface area contributed by atoms with Crippen LogP contribution < -0.4 is 0 Å². The maximum Gasteiger partial charge on any atom is 0.200 e. The quantitative estimate of drug-likeness (QED) is 0.705. The first-order valence-corrected chi connectivity index (χ1v) is 7.02. The van der Waals surface area contributed by atoms with Gasteiger partial charge in [-0.05, 0) is 49.8 Å². The number of hydrogen-bond donors (Lipinski definition) is 2. The van der Waals surface area contributed by atoms with Crippen molar-refractivity contribution >= 4 is 12.2 Å². The van der Waals surface area contributed by atoms with Gasteiger partial charge in [0.15, 0.2) is 10.6 Å². The van der Waals surface area contributed by atoms with Crippen molar-refractivity contribution in [3.05, 3.63) is 58.4 Å². The molecule has 0 amide bonds. The summed E-state index contributed by atoms with van der Waals surface area (Å²) in [5.41, 5.74) is 3.89. The monoisotopic (exact) mass is 297 g/mol. The first kappa shape index (κ1) is 13.6. The molecule has 0 radical (unpaired) electrons. The first-order valence-electron chi connectivity index (χ1n) is 6.61. The normalized spacial score (nSPS) is 10.8. The van der Waals surface area contributed by atoms with E-state index in [1.807, 2.05) is 35.8 Å². The van der Waals surface area contributed by atoms with Crippen molar-refractivity contribution in [2.75, 3.05) is 0 Å². The van der Waals surface area contributed by atoms with Crippen LogP contribution in [0.25, 0.3) is 17.1 Å². The second-order valence-corrected chi connectivity index (χ2v) is 5.38. The van der Waals surface area contributed by atoms with Crippen molar-refractivity contribution in [2.45, 2.75) is 13.8 Å². The van der Waals surface area contributed by atoms with E-state index in [1.54, 1.807) is 12.1 Å². The Bertz CT molecular complexity index is 864. The van der Waals surface area contributed by atoms with Crippen molar-refractivity contribution in [3.63, 3.8) is 0 Å². The second-order valence-electron chi connectivity index (χ2n) is 4.99. The minimum Gasteiger partial charge on any atom is -0.507 e. The number of aromatic amines is 1. The Morgan fingerprint density at radius 2 is 1.90 bits per heavy atom. The minimum atomic E-state index is 0.178. The molecule has 0 fully saturated rings. The standard InChI is InChI=1S/C16H15N3OS/c1-10-7-8-13(11(2)9-10)19-15(17-18-16(19)21)12-5-3-4-6-14(12)20/h3-9,20H,1-2H3,(H,18,21). The number of nitrogens with zero attached hydrogens (tertiary/aromatic N) is 2. The fraction of sp³-hybridized carbons (Fsp3) is 0.125. The second kappa shape index (κ2) is 5.18. The molecule has 0 saturated heterocycles. The lowest BCUT2D eigenvalue weighted by atomic mass is 10.1. The van der Waals surface area contributed by atoms with E-state index in [1.165, 1.54) is 5.56 Å². The molecule has 0 bridgehead atoms. The van der Waals surface area contributed by atoms with Crippen LogP contribution in [0.15, 0.2) is 42.5 Å². The molecule has 2 N–H and O–H groups in total. The Labute approximate surface area is 127 Å². The lowest BCUT2D eigenvalue weighted by Crippen LogP contribution is -2.00.